The number of rotatable bonds is 3. The molecule has 1 aliphatic rings. The Morgan fingerprint density at radius 2 is 1.89 bits per heavy atom. The Labute approximate surface area is 113 Å². The normalized spacial score (nSPS) is 18.3. The third-order valence-electron chi connectivity index (χ3n) is 3.69. The minimum absolute atomic E-state index is 0.0671. The highest BCUT2D eigenvalue weighted by molar-refractivity contribution is 6.28. The number of hydrogen-bond donors (Lipinski definition) is 0. The molecule has 0 aliphatic heterocycles. The van der Waals surface area contributed by atoms with E-state index in [4.69, 9.17) is 0 Å². The Morgan fingerprint density at radius 3 is 2.47 bits per heavy atom. The van der Waals surface area contributed by atoms with Gasteiger partial charge in [0.1, 0.15) is 0 Å². The molecule has 1 aromatic carbocycles. The van der Waals surface area contributed by atoms with Gasteiger partial charge in [-0.05, 0) is 18.4 Å². The summed E-state index contributed by atoms with van der Waals surface area (Å²) in [6.07, 6.45) is 3.14. The molecule has 0 unspecified atom stereocenters. The third-order valence-corrected chi connectivity index (χ3v) is 3.69. The lowest BCUT2D eigenvalue weighted by molar-refractivity contribution is -0.123. The van der Waals surface area contributed by atoms with Crippen LogP contribution < -0.4 is 0 Å². The summed E-state index contributed by atoms with van der Waals surface area (Å²) in [6.45, 7) is 7.52. The first-order valence-corrected chi connectivity index (χ1v) is 6.47. The molecule has 0 aromatic heterocycles. The SMILES string of the molecule is C=CC1=C(C(=O)c2ccccc2)C(=O)C(C)(C)CC1. The maximum Gasteiger partial charge on any atom is 0.196 e. The quantitative estimate of drug-likeness (QED) is 0.608. The summed E-state index contributed by atoms with van der Waals surface area (Å²) in [7, 11) is 0. The number of ketones is 2. The van der Waals surface area contributed by atoms with Crippen LogP contribution in [0.2, 0.25) is 0 Å². The Morgan fingerprint density at radius 1 is 1.26 bits per heavy atom. The lowest BCUT2D eigenvalue weighted by Gasteiger charge is -2.30. The van der Waals surface area contributed by atoms with Crippen LogP contribution in [0.1, 0.15) is 37.0 Å². The van der Waals surface area contributed by atoms with Gasteiger partial charge in [0.2, 0.25) is 0 Å². The number of carbonyl (C=O) groups is 2. The zero-order valence-electron chi connectivity index (χ0n) is 11.4. The van der Waals surface area contributed by atoms with E-state index in [1.54, 1.807) is 30.3 Å². The minimum Gasteiger partial charge on any atom is -0.293 e. The van der Waals surface area contributed by atoms with Crippen molar-refractivity contribution in [2.75, 3.05) is 0 Å². The Balaban J connectivity index is 2.51. The summed E-state index contributed by atoms with van der Waals surface area (Å²) in [5, 5.41) is 0. The van der Waals surface area contributed by atoms with Crippen molar-refractivity contribution in [1.29, 1.82) is 0 Å². The molecular formula is C17H18O2. The lowest BCUT2D eigenvalue weighted by atomic mass is 9.71. The number of hydrogen-bond acceptors (Lipinski definition) is 2. The fraction of sp³-hybridized carbons (Fsp3) is 0.294. The van der Waals surface area contributed by atoms with E-state index < -0.39 is 5.41 Å². The molecular weight excluding hydrogens is 236 g/mol. The van der Waals surface area contributed by atoms with Crippen LogP contribution in [-0.4, -0.2) is 11.6 Å². The highest BCUT2D eigenvalue weighted by atomic mass is 16.2. The Hall–Kier alpha value is -1.96. The van der Waals surface area contributed by atoms with Crippen molar-refractivity contribution in [3.05, 3.63) is 59.7 Å². The molecule has 0 N–H and O–H groups in total. The molecule has 0 bridgehead atoms. The number of Topliss-reactive ketones (excluding diaryl/α,β-unsaturated/α-hetero) is 2. The first-order chi connectivity index (χ1) is 8.97. The fourth-order valence-corrected chi connectivity index (χ4v) is 2.36. The van der Waals surface area contributed by atoms with Crippen LogP contribution in [0.3, 0.4) is 0 Å². The van der Waals surface area contributed by atoms with E-state index in [1.165, 1.54) is 0 Å². The highest BCUT2D eigenvalue weighted by Gasteiger charge is 2.38. The van der Waals surface area contributed by atoms with Gasteiger partial charge in [0.15, 0.2) is 11.6 Å². The predicted octanol–water partition coefficient (Wildman–Crippen LogP) is 3.74. The summed E-state index contributed by atoms with van der Waals surface area (Å²) < 4.78 is 0. The average molecular weight is 254 g/mol. The van der Waals surface area contributed by atoms with E-state index in [1.807, 2.05) is 19.9 Å². The number of benzene rings is 1. The van der Waals surface area contributed by atoms with E-state index in [-0.39, 0.29) is 11.6 Å². The number of carbonyl (C=O) groups excluding carboxylic acids is 2. The van der Waals surface area contributed by atoms with Crippen molar-refractivity contribution < 1.29 is 9.59 Å². The highest BCUT2D eigenvalue weighted by Crippen LogP contribution is 2.37. The molecule has 1 aromatic rings. The molecule has 0 atom stereocenters. The van der Waals surface area contributed by atoms with Crippen LogP contribution in [0.25, 0.3) is 0 Å². The molecule has 1 aliphatic carbocycles. The smallest absolute Gasteiger partial charge is 0.196 e. The van der Waals surface area contributed by atoms with E-state index in [0.717, 1.165) is 18.4 Å². The van der Waals surface area contributed by atoms with Gasteiger partial charge < -0.3 is 0 Å². The zero-order valence-corrected chi connectivity index (χ0v) is 11.4. The summed E-state index contributed by atoms with van der Waals surface area (Å²) in [5.41, 5.74) is 1.19. The van der Waals surface area contributed by atoms with Crippen molar-refractivity contribution in [3.63, 3.8) is 0 Å². The molecule has 98 valence electrons. The number of allylic oxidation sites excluding steroid dienone is 3. The molecule has 2 nitrogen and oxygen atoms in total. The van der Waals surface area contributed by atoms with Crippen molar-refractivity contribution in [2.24, 2.45) is 5.41 Å². The van der Waals surface area contributed by atoms with Crippen molar-refractivity contribution in [3.8, 4) is 0 Å². The Kier molecular flexibility index (Phi) is 3.52. The van der Waals surface area contributed by atoms with Crippen LogP contribution in [0, 0.1) is 5.41 Å². The molecule has 0 saturated heterocycles. The molecule has 0 heterocycles. The van der Waals surface area contributed by atoms with E-state index in [9.17, 15) is 9.59 Å². The van der Waals surface area contributed by atoms with Gasteiger partial charge in [-0.2, -0.15) is 0 Å². The van der Waals surface area contributed by atoms with Gasteiger partial charge in [0.25, 0.3) is 0 Å². The van der Waals surface area contributed by atoms with Crippen molar-refractivity contribution in [2.45, 2.75) is 26.7 Å². The molecule has 0 amide bonds. The second-order valence-corrected chi connectivity index (χ2v) is 5.51. The average Bonchev–Trinajstić information content (AvgIpc) is 2.42. The van der Waals surface area contributed by atoms with Gasteiger partial charge >= 0.3 is 0 Å². The Bertz CT molecular complexity index is 562. The van der Waals surface area contributed by atoms with Crippen LogP contribution in [-0.2, 0) is 4.79 Å². The van der Waals surface area contributed by atoms with Gasteiger partial charge in [-0.1, -0.05) is 56.8 Å². The summed E-state index contributed by atoms with van der Waals surface area (Å²) in [6, 6.07) is 8.95. The first-order valence-electron chi connectivity index (χ1n) is 6.47. The van der Waals surface area contributed by atoms with Gasteiger partial charge in [0.05, 0.1) is 5.57 Å². The van der Waals surface area contributed by atoms with E-state index >= 15 is 0 Å². The third kappa shape index (κ3) is 2.43. The van der Waals surface area contributed by atoms with Crippen LogP contribution in [0.5, 0.6) is 0 Å². The molecule has 19 heavy (non-hydrogen) atoms. The first kappa shape index (κ1) is 13.5. The maximum absolute atomic E-state index is 12.5. The van der Waals surface area contributed by atoms with Gasteiger partial charge in [0, 0.05) is 11.0 Å². The fourth-order valence-electron chi connectivity index (χ4n) is 2.36. The second-order valence-electron chi connectivity index (χ2n) is 5.51. The summed E-state index contributed by atoms with van der Waals surface area (Å²) >= 11 is 0. The van der Waals surface area contributed by atoms with E-state index in [2.05, 4.69) is 6.58 Å². The standard InChI is InChI=1S/C17H18O2/c1-4-12-10-11-17(2,3)16(19)14(12)15(18)13-8-6-5-7-9-13/h4-9H,1,10-11H2,2-3H3. The van der Waals surface area contributed by atoms with E-state index in [0.29, 0.717) is 11.1 Å². The van der Waals surface area contributed by atoms with Gasteiger partial charge in [-0.25, -0.2) is 0 Å². The zero-order chi connectivity index (χ0) is 14.0. The van der Waals surface area contributed by atoms with Gasteiger partial charge in [-0.3, -0.25) is 9.59 Å². The van der Waals surface area contributed by atoms with Crippen LogP contribution in [0.4, 0.5) is 0 Å². The molecule has 0 saturated carbocycles. The summed E-state index contributed by atoms with van der Waals surface area (Å²) in [5.74, 6) is -0.254. The van der Waals surface area contributed by atoms with Crippen molar-refractivity contribution >= 4 is 11.6 Å². The monoisotopic (exact) mass is 254 g/mol. The minimum atomic E-state index is -0.466. The molecule has 2 heteroatoms. The maximum atomic E-state index is 12.5. The molecule has 2 rings (SSSR count). The van der Waals surface area contributed by atoms with Crippen molar-refractivity contribution in [1.82, 2.24) is 0 Å². The lowest BCUT2D eigenvalue weighted by Crippen LogP contribution is -2.33. The summed E-state index contributed by atoms with van der Waals surface area (Å²) in [4.78, 5) is 25.0. The molecule has 0 fully saturated rings. The van der Waals surface area contributed by atoms with Crippen LogP contribution in [0.15, 0.2) is 54.1 Å². The largest absolute Gasteiger partial charge is 0.293 e. The van der Waals surface area contributed by atoms with Crippen LogP contribution >= 0.6 is 0 Å². The topological polar surface area (TPSA) is 34.1 Å². The predicted molar refractivity (Wildman–Crippen MR) is 76.0 cm³/mol. The molecule has 0 radical (unpaired) electrons. The van der Waals surface area contributed by atoms with Gasteiger partial charge in [-0.15, -0.1) is 0 Å². The second kappa shape index (κ2) is 4.96. The molecule has 0 spiro atoms.